The SMILES string of the molecule is CCCCCC(CC)Oc1ccc2cc(OCCCCCCBr)ccc2c1C. The van der Waals surface area contributed by atoms with Gasteiger partial charge in [0.2, 0.25) is 0 Å². The lowest BCUT2D eigenvalue weighted by Crippen LogP contribution is -2.15. The zero-order valence-electron chi connectivity index (χ0n) is 17.9. The van der Waals surface area contributed by atoms with E-state index >= 15 is 0 Å². The number of aryl methyl sites for hydroxylation is 1. The van der Waals surface area contributed by atoms with Crippen LogP contribution in [-0.4, -0.2) is 18.0 Å². The minimum absolute atomic E-state index is 0.315. The Kier molecular flexibility index (Phi) is 10.8. The van der Waals surface area contributed by atoms with Crippen molar-refractivity contribution in [3.8, 4) is 11.5 Å². The smallest absolute Gasteiger partial charge is 0.123 e. The van der Waals surface area contributed by atoms with Crippen LogP contribution in [-0.2, 0) is 0 Å². The molecule has 2 aromatic rings. The first-order chi connectivity index (χ1) is 13.7. The molecule has 0 heterocycles. The Bertz CT molecular complexity index is 698. The minimum atomic E-state index is 0.315. The van der Waals surface area contributed by atoms with Gasteiger partial charge in [0.25, 0.3) is 0 Å². The normalized spacial score (nSPS) is 12.3. The summed E-state index contributed by atoms with van der Waals surface area (Å²) in [6, 6.07) is 10.7. The molecular formula is C25H37BrO2. The molecule has 2 nitrogen and oxygen atoms in total. The van der Waals surface area contributed by atoms with Crippen LogP contribution in [0.3, 0.4) is 0 Å². The highest BCUT2D eigenvalue weighted by atomic mass is 79.9. The summed E-state index contributed by atoms with van der Waals surface area (Å²) in [6.45, 7) is 7.43. The molecule has 28 heavy (non-hydrogen) atoms. The van der Waals surface area contributed by atoms with Crippen LogP contribution in [0.4, 0.5) is 0 Å². The molecule has 0 amide bonds. The van der Waals surface area contributed by atoms with Crippen LogP contribution in [0.15, 0.2) is 30.3 Å². The fourth-order valence-electron chi connectivity index (χ4n) is 3.55. The van der Waals surface area contributed by atoms with Crippen molar-refractivity contribution in [2.45, 2.75) is 84.7 Å². The third-order valence-corrected chi connectivity index (χ3v) is 5.95. The second-order valence-electron chi connectivity index (χ2n) is 7.67. The molecule has 0 aliphatic heterocycles. The maximum absolute atomic E-state index is 6.36. The van der Waals surface area contributed by atoms with Gasteiger partial charge in [0.1, 0.15) is 11.5 Å². The molecule has 1 unspecified atom stereocenters. The summed E-state index contributed by atoms with van der Waals surface area (Å²) >= 11 is 3.48. The van der Waals surface area contributed by atoms with Crippen molar-refractivity contribution < 1.29 is 9.47 Å². The number of alkyl halides is 1. The molecule has 0 fully saturated rings. The third-order valence-electron chi connectivity index (χ3n) is 5.39. The topological polar surface area (TPSA) is 18.5 Å². The fraction of sp³-hybridized carbons (Fsp3) is 0.600. The van der Waals surface area contributed by atoms with Gasteiger partial charge >= 0.3 is 0 Å². The molecule has 0 aliphatic carbocycles. The highest BCUT2D eigenvalue weighted by Crippen LogP contribution is 2.31. The van der Waals surface area contributed by atoms with Crippen LogP contribution in [0.2, 0.25) is 0 Å². The lowest BCUT2D eigenvalue weighted by atomic mass is 10.0. The van der Waals surface area contributed by atoms with Gasteiger partial charge in [0, 0.05) is 5.33 Å². The Balaban J connectivity index is 1.97. The van der Waals surface area contributed by atoms with Crippen LogP contribution in [0.1, 0.15) is 77.2 Å². The van der Waals surface area contributed by atoms with Gasteiger partial charge in [-0.1, -0.05) is 67.6 Å². The number of benzene rings is 2. The average molecular weight is 449 g/mol. The second-order valence-corrected chi connectivity index (χ2v) is 8.46. The highest BCUT2D eigenvalue weighted by molar-refractivity contribution is 9.09. The Morgan fingerprint density at radius 2 is 1.75 bits per heavy atom. The number of rotatable bonds is 14. The summed E-state index contributed by atoms with van der Waals surface area (Å²) in [5, 5.41) is 3.58. The van der Waals surface area contributed by atoms with Crippen LogP contribution < -0.4 is 9.47 Å². The molecule has 0 saturated heterocycles. The first kappa shape index (κ1) is 23.1. The van der Waals surface area contributed by atoms with E-state index in [0.717, 1.165) is 42.7 Å². The zero-order chi connectivity index (χ0) is 20.2. The van der Waals surface area contributed by atoms with Crippen molar-refractivity contribution in [1.82, 2.24) is 0 Å². The number of unbranched alkanes of at least 4 members (excludes halogenated alkanes) is 5. The number of ether oxygens (including phenoxy) is 2. The zero-order valence-corrected chi connectivity index (χ0v) is 19.5. The van der Waals surface area contributed by atoms with Gasteiger partial charge in [-0.2, -0.15) is 0 Å². The van der Waals surface area contributed by atoms with E-state index in [1.54, 1.807) is 0 Å². The first-order valence-electron chi connectivity index (χ1n) is 11.1. The Morgan fingerprint density at radius 3 is 2.50 bits per heavy atom. The molecule has 2 aromatic carbocycles. The summed E-state index contributed by atoms with van der Waals surface area (Å²) in [7, 11) is 0. The van der Waals surface area contributed by atoms with Gasteiger partial charge in [0.15, 0.2) is 0 Å². The second kappa shape index (κ2) is 13.1. The molecule has 0 N–H and O–H groups in total. The first-order valence-corrected chi connectivity index (χ1v) is 12.2. The van der Waals surface area contributed by atoms with E-state index in [0.29, 0.717) is 6.10 Å². The summed E-state index contributed by atoms with van der Waals surface area (Å²) in [6.07, 6.45) is 11.2. The van der Waals surface area contributed by atoms with Crippen molar-refractivity contribution in [3.63, 3.8) is 0 Å². The predicted octanol–water partition coefficient (Wildman–Crippen LogP) is 8.22. The molecule has 156 valence electrons. The van der Waals surface area contributed by atoms with Crippen molar-refractivity contribution >= 4 is 26.7 Å². The summed E-state index contributed by atoms with van der Waals surface area (Å²) in [5.74, 6) is 1.99. The lowest BCUT2D eigenvalue weighted by Gasteiger charge is -2.20. The molecule has 3 heteroatoms. The standard InChI is InChI=1S/C25H37BrO2/c1-4-6-9-12-22(5-2)28-25-16-13-21-19-23(14-15-24(21)20(25)3)27-18-11-8-7-10-17-26/h13-16,19,22H,4-12,17-18H2,1-3H3. The third kappa shape index (κ3) is 7.31. The summed E-state index contributed by atoms with van der Waals surface area (Å²) in [4.78, 5) is 0. The fourth-order valence-corrected chi connectivity index (χ4v) is 3.95. The van der Waals surface area contributed by atoms with Crippen LogP contribution in [0, 0.1) is 6.92 Å². The molecule has 0 bridgehead atoms. The molecule has 0 aliphatic rings. The molecule has 0 spiro atoms. The van der Waals surface area contributed by atoms with Gasteiger partial charge in [-0.15, -0.1) is 0 Å². The van der Waals surface area contributed by atoms with Gasteiger partial charge in [0.05, 0.1) is 12.7 Å². The maximum Gasteiger partial charge on any atom is 0.123 e. The number of hydrogen-bond acceptors (Lipinski definition) is 2. The van der Waals surface area contributed by atoms with Crippen molar-refractivity contribution in [1.29, 1.82) is 0 Å². The van der Waals surface area contributed by atoms with Crippen LogP contribution >= 0.6 is 15.9 Å². The number of halogens is 1. The minimum Gasteiger partial charge on any atom is -0.494 e. The molecule has 1 atom stereocenters. The van der Waals surface area contributed by atoms with E-state index in [9.17, 15) is 0 Å². The van der Waals surface area contributed by atoms with Crippen LogP contribution in [0.25, 0.3) is 10.8 Å². The quantitative estimate of drug-likeness (QED) is 0.214. The van der Waals surface area contributed by atoms with E-state index in [1.165, 1.54) is 54.9 Å². The van der Waals surface area contributed by atoms with E-state index in [-0.39, 0.29) is 0 Å². The summed E-state index contributed by atoms with van der Waals surface area (Å²) < 4.78 is 12.3. The van der Waals surface area contributed by atoms with E-state index < -0.39 is 0 Å². The average Bonchev–Trinajstić information content (AvgIpc) is 2.71. The molecule has 0 radical (unpaired) electrons. The lowest BCUT2D eigenvalue weighted by molar-refractivity contribution is 0.182. The largest absolute Gasteiger partial charge is 0.494 e. The monoisotopic (exact) mass is 448 g/mol. The van der Waals surface area contributed by atoms with Crippen molar-refractivity contribution in [3.05, 3.63) is 35.9 Å². The molecule has 0 aromatic heterocycles. The Labute approximate surface area is 180 Å². The van der Waals surface area contributed by atoms with Gasteiger partial charge < -0.3 is 9.47 Å². The van der Waals surface area contributed by atoms with E-state index in [2.05, 4.69) is 67.0 Å². The van der Waals surface area contributed by atoms with Gasteiger partial charge in [-0.05, 0) is 73.6 Å². The van der Waals surface area contributed by atoms with Gasteiger partial charge in [-0.3, -0.25) is 0 Å². The molecule has 0 saturated carbocycles. The number of hydrogen-bond donors (Lipinski definition) is 0. The summed E-state index contributed by atoms with van der Waals surface area (Å²) in [5.41, 5.74) is 1.23. The van der Waals surface area contributed by atoms with Gasteiger partial charge in [-0.25, -0.2) is 0 Å². The molecular weight excluding hydrogens is 412 g/mol. The maximum atomic E-state index is 6.36. The van der Waals surface area contributed by atoms with Crippen molar-refractivity contribution in [2.75, 3.05) is 11.9 Å². The van der Waals surface area contributed by atoms with Crippen LogP contribution in [0.5, 0.6) is 11.5 Å². The number of fused-ring (bicyclic) bond motifs is 1. The Hall–Kier alpha value is -1.22. The highest BCUT2D eigenvalue weighted by Gasteiger charge is 2.12. The van der Waals surface area contributed by atoms with Crippen molar-refractivity contribution in [2.24, 2.45) is 0 Å². The van der Waals surface area contributed by atoms with E-state index in [1.807, 2.05) is 0 Å². The Morgan fingerprint density at radius 1 is 0.929 bits per heavy atom. The molecule has 2 rings (SSSR count). The van der Waals surface area contributed by atoms with E-state index in [4.69, 9.17) is 9.47 Å². The predicted molar refractivity (Wildman–Crippen MR) is 125 cm³/mol.